The van der Waals surface area contributed by atoms with E-state index in [1.54, 1.807) is 29.7 Å². The molecule has 1 fully saturated rings. The fraction of sp³-hybridized carbons (Fsp3) is 0.389. The number of methoxy groups -OCH3 is 1. The van der Waals surface area contributed by atoms with E-state index in [1.807, 2.05) is 24.5 Å². The van der Waals surface area contributed by atoms with Crippen LogP contribution in [0.1, 0.15) is 25.8 Å². The molecule has 140 valence electrons. The van der Waals surface area contributed by atoms with Crippen molar-refractivity contribution in [3.05, 3.63) is 42.7 Å². The number of sulfonamides is 1. The fourth-order valence-electron chi connectivity index (χ4n) is 3.01. The Hall–Kier alpha value is -2.48. The lowest BCUT2D eigenvalue weighted by Gasteiger charge is -2.29. The number of benzene rings is 1. The summed E-state index contributed by atoms with van der Waals surface area (Å²) in [5.74, 6) is 0.406. The van der Waals surface area contributed by atoms with Gasteiger partial charge in [0.2, 0.25) is 15.9 Å². The summed E-state index contributed by atoms with van der Waals surface area (Å²) in [6, 6.07) is 8.37. The van der Waals surface area contributed by atoms with E-state index in [0.717, 1.165) is 6.42 Å². The van der Waals surface area contributed by atoms with Crippen molar-refractivity contribution in [3.63, 3.8) is 0 Å². The summed E-state index contributed by atoms with van der Waals surface area (Å²) in [4.78, 5) is 12.5. The molecule has 1 aromatic heterocycles. The summed E-state index contributed by atoms with van der Waals surface area (Å²) in [5.41, 5.74) is 0.990. The van der Waals surface area contributed by atoms with Crippen LogP contribution in [0.2, 0.25) is 0 Å². The first-order valence-electron chi connectivity index (χ1n) is 8.54. The maximum absolute atomic E-state index is 12.5. The largest absolute Gasteiger partial charge is 0.495 e. The molecule has 0 bridgehead atoms. The molecule has 26 heavy (non-hydrogen) atoms. The van der Waals surface area contributed by atoms with Gasteiger partial charge in [0.15, 0.2) is 0 Å². The monoisotopic (exact) mass is 377 g/mol. The first-order chi connectivity index (χ1) is 12.4. The third kappa shape index (κ3) is 3.70. The Kier molecular flexibility index (Phi) is 5.22. The number of anilines is 2. The summed E-state index contributed by atoms with van der Waals surface area (Å²) in [6.45, 7) is 2.21. The standard InChI is InChI=1S/C18H23N3O4S/c1-14(20-9-3-4-10-20)18(22)19-15-7-8-17(25-2)16(13-15)21-11-5-6-12-26(21,23)24/h3-4,7-10,13-14H,5-6,11-12H2,1-2H3,(H,19,22)/t14-/m0/s1. The van der Waals surface area contributed by atoms with Crippen molar-refractivity contribution in [2.75, 3.05) is 29.0 Å². The van der Waals surface area contributed by atoms with Gasteiger partial charge in [0.05, 0.1) is 18.6 Å². The third-order valence-corrected chi connectivity index (χ3v) is 6.37. The minimum absolute atomic E-state index is 0.122. The smallest absolute Gasteiger partial charge is 0.247 e. The molecule has 0 unspecified atom stereocenters. The molecular weight excluding hydrogens is 354 g/mol. The third-order valence-electron chi connectivity index (χ3n) is 4.52. The molecule has 0 saturated carbocycles. The molecule has 0 radical (unpaired) electrons. The molecule has 3 rings (SSSR count). The van der Waals surface area contributed by atoms with E-state index in [4.69, 9.17) is 4.74 Å². The van der Waals surface area contributed by atoms with Gasteiger partial charge in [-0.2, -0.15) is 0 Å². The molecule has 1 aliphatic rings. The molecule has 8 heteroatoms. The number of rotatable bonds is 5. The molecule has 1 aromatic carbocycles. The van der Waals surface area contributed by atoms with E-state index >= 15 is 0 Å². The van der Waals surface area contributed by atoms with Crippen molar-refractivity contribution in [1.29, 1.82) is 0 Å². The lowest BCUT2D eigenvalue weighted by molar-refractivity contribution is -0.118. The van der Waals surface area contributed by atoms with E-state index in [1.165, 1.54) is 11.4 Å². The maximum atomic E-state index is 12.5. The zero-order valence-electron chi connectivity index (χ0n) is 14.9. The molecule has 7 nitrogen and oxygen atoms in total. The number of carbonyl (C=O) groups excluding carboxylic acids is 1. The summed E-state index contributed by atoms with van der Waals surface area (Å²) >= 11 is 0. The summed E-state index contributed by atoms with van der Waals surface area (Å²) < 4.78 is 33.4. The lowest BCUT2D eigenvalue weighted by Crippen LogP contribution is -2.38. The van der Waals surface area contributed by atoms with Crippen molar-refractivity contribution >= 4 is 27.3 Å². The Morgan fingerprint density at radius 1 is 1.23 bits per heavy atom. The second kappa shape index (κ2) is 7.41. The van der Waals surface area contributed by atoms with Gasteiger partial charge >= 0.3 is 0 Å². The van der Waals surface area contributed by atoms with Gasteiger partial charge in [0.25, 0.3) is 0 Å². The molecule has 1 atom stereocenters. The van der Waals surface area contributed by atoms with Crippen molar-refractivity contribution in [3.8, 4) is 5.75 Å². The molecule has 1 aliphatic heterocycles. The fourth-order valence-corrected chi connectivity index (χ4v) is 4.65. The molecule has 1 amide bonds. The predicted octanol–water partition coefficient (Wildman–Crippen LogP) is 2.63. The van der Waals surface area contributed by atoms with E-state index in [-0.39, 0.29) is 17.7 Å². The van der Waals surface area contributed by atoms with Crippen LogP contribution in [0.25, 0.3) is 0 Å². The van der Waals surface area contributed by atoms with Gasteiger partial charge in [-0.3, -0.25) is 9.10 Å². The number of amides is 1. The zero-order chi connectivity index (χ0) is 18.7. The second-order valence-electron chi connectivity index (χ2n) is 6.28. The van der Waals surface area contributed by atoms with Crippen LogP contribution in [0.5, 0.6) is 5.75 Å². The van der Waals surface area contributed by atoms with E-state index in [9.17, 15) is 13.2 Å². The Bertz CT molecular complexity index is 878. The minimum atomic E-state index is -3.37. The maximum Gasteiger partial charge on any atom is 0.247 e. The van der Waals surface area contributed by atoms with Gasteiger partial charge in [0, 0.05) is 24.6 Å². The predicted molar refractivity (Wildman–Crippen MR) is 101 cm³/mol. The number of aromatic nitrogens is 1. The molecule has 2 heterocycles. The van der Waals surface area contributed by atoms with Crippen LogP contribution < -0.4 is 14.4 Å². The highest BCUT2D eigenvalue weighted by molar-refractivity contribution is 7.92. The lowest BCUT2D eigenvalue weighted by atomic mass is 10.2. The van der Waals surface area contributed by atoms with Crippen molar-refractivity contribution < 1.29 is 17.9 Å². The first-order valence-corrected chi connectivity index (χ1v) is 10.1. The molecule has 0 spiro atoms. The van der Waals surface area contributed by atoms with E-state index in [2.05, 4.69) is 5.32 Å². The van der Waals surface area contributed by atoms with Crippen LogP contribution in [-0.2, 0) is 14.8 Å². The Labute approximate surface area is 153 Å². The van der Waals surface area contributed by atoms with Crippen molar-refractivity contribution in [1.82, 2.24) is 4.57 Å². The van der Waals surface area contributed by atoms with Crippen LogP contribution in [0, 0.1) is 0 Å². The average molecular weight is 377 g/mol. The number of hydrogen-bond donors (Lipinski definition) is 1. The summed E-state index contributed by atoms with van der Waals surface area (Å²) in [5, 5.41) is 2.85. The van der Waals surface area contributed by atoms with Crippen molar-refractivity contribution in [2.45, 2.75) is 25.8 Å². The molecular formula is C18H23N3O4S. The highest BCUT2D eigenvalue weighted by Gasteiger charge is 2.28. The van der Waals surface area contributed by atoms with Crippen LogP contribution in [0.4, 0.5) is 11.4 Å². The topological polar surface area (TPSA) is 80.6 Å². The first kappa shape index (κ1) is 18.3. The Morgan fingerprint density at radius 2 is 1.96 bits per heavy atom. The quantitative estimate of drug-likeness (QED) is 0.869. The van der Waals surface area contributed by atoms with Crippen LogP contribution in [-0.4, -0.2) is 38.3 Å². The van der Waals surface area contributed by atoms with Gasteiger partial charge in [-0.05, 0) is 50.1 Å². The van der Waals surface area contributed by atoms with Gasteiger partial charge in [-0.25, -0.2) is 8.42 Å². The highest BCUT2D eigenvalue weighted by Crippen LogP contribution is 2.35. The summed E-state index contributed by atoms with van der Waals surface area (Å²) in [7, 11) is -1.87. The highest BCUT2D eigenvalue weighted by atomic mass is 32.2. The molecule has 1 saturated heterocycles. The SMILES string of the molecule is COc1ccc(NC(=O)[C@H](C)n2cccc2)cc1N1CCCCS1(=O)=O. The van der Waals surface area contributed by atoms with Gasteiger partial charge in [-0.15, -0.1) is 0 Å². The van der Waals surface area contributed by atoms with Gasteiger partial charge in [0.1, 0.15) is 11.8 Å². The number of hydrogen-bond acceptors (Lipinski definition) is 4. The Balaban J connectivity index is 1.86. The Morgan fingerprint density at radius 3 is 2.62 bits per heavy atom. The average Bonchev–Trinajstić information content (AvgIpc) is 3.15. The number of carbonyl (C=O) groups is 1. The van der Waals surface area contributed by atoms with Crippen molar-refractivity contribution in [2.24, 2.45) is 0 Å². The van der Waals surface area contributed by atoms with Crippen LogP contribution >= 0.6 is 0 Å². The number of nitrogens with zero attached hydrogens (tertiary/aromatic N) is 2. The van der Waals surface area contributed by atoms with Gasteiger partial charge < -0.3 is 14.6 Å². The minimum Gasteiger partial charge on any atom is -0.495 e. The molecule has 0 aliphatic carbocycles. The molecule has 1 N–H and O–H groups in total. The van der Waals surface area contributed by atoms with Gasteiger partial charge in [-0.1, -0.05) is 0 Å². The molecule has 2 aromatic rings. The second-order valence-corrected chi connectivity index (χ2v) is 8.29. The zero-order valence-corrected chi connectivity index (χ0v) is 15.7. The number of ether oxygens (including phenoxy) is 1. The summed E-state index contributed by atoms with van der Waals surface area (Å²) in [6.07, 6.45) is 5.10. The van der Waals surface area contributed by atoms with Crippen LogP contribution in [0.3, 0.4) is 0 Å². The number of nitrogens with one attached hydrogen (secondary N) is 1. The van der Waals surface area contributed by atoms with E-state index < -0.39 is 10.0 Å². The van der Waals surface area contributed by atoms with E-state index in [0.29, 0.717) is 30.1 Å². The normalized spacial score (nSPS) is 17.5. The van der Waals surface area contributed by atoms with Crippen LogP contribution in [0.15, 0.2) is 42.7 Å².